The molecule has 2 N–H and O–H groups in total. The number of cyclic esters (lactones) is 1. The first-order valence-corrected chi connectivity index (χ1v) is 14.5. The van der Waals surface area contributed by atoms with Crippen molar-refractivity contribution in [2.75, 3.05) is 0 Å². The van der Waals surface area contributed by atoms with Crippen LogP contribution < -0.4 is 0 Å². The molecule has 6 nitrogen and oxygen atoms in total. The number of ether oxygens (including phenoxy) is 1. The maximum absolute atomic E-state index is 13.4. The summed E-state index contributed by atoms with van der Waals surface area (Å²) in [5, 5.41) is 24.2. The quantitative estimate of drug-likeness (QED) is 0.345. The summed E-state index contributed by atoms with van der Waals surface area (Å²) in [6.45, 7) is 13.1. The Kier molecular flexibility index (Phi) is 10.8. The minimum atomic E-state index is -2.43. The van der Waals surface area contributed by atoms with Crippen molar-refractivity contribution in [2.24, 2.45) is 5.92 Å². The standard InChI is InChI=1S/C26H43NO5S2/c1-16-9-8-10-17(2)25(30)19(4)34(31)26(6,7)23(28)14-24(29)32-22(12-11-16)18(3)13-21-15-33-20(5)27-21/h11,13,15,17,19,22-23,25,28,30H,8-10,12,14,34H2,1-7H3/b16-11-,18-13+/t17-,19+,22-,23+,25-/m0/s1. The molecule has 0 aliphatic carbocycles. The number of allylic oxidation sites excluding steroid dienone is 1. The van der Waals surface area contributed by atoms with Gasteiger partial charge in [-0.25, -0.2) is 4.98 Å². The molecule has 1 aliphatic heterocycles. The summed E-state index contributed by atoms with van der Waals surface area (Å²) in [4.78, 5) is 17.3. The van der Waals surface area contributed by atoms with Crippen molar-refractivity contribution in [1.29, 1.82) is 0 Å². The molecular weight excluding hydrogens is 470 g/mol. The van der Waals surface area contributed by atoms with E-state index in [1.807, 2.05) is 32.2 Å². The van der Waals surface area contributed by atoms with E-state index >= 15 is 0 Å². The number of aromatic nitrogens is 1. The van der Waals surface area contributed by atoms with E-state index in [1.54, 1.807) is 32.1 Å². The van der Waals surface area contributed by atoms with Gasteiger partial charge in [0.25, 0.3) is 0 Å². The van der Waals surface area contributed by atoms with E-state index < -0.39 is 45.5 Å². The molecule has 1 aromatic heterocycles. The fraction of sp³-hybridized carbons (Fsp3) is 0.692. The van der Waals surface area contributed by atoms with Crippen molar-refractivity contribution >= 4 is 34.6 Å². The molecule has 0 radical (unpaired) electrons. The van der Waals surface area contributed by atoms with Gasteiger partial charge in [0, 0.05) is 11.8 Å². The first-order valence-electron chi connectivity index (χ1n) is 12.2. The van der Waals surface area contributed by atoms with Gasteiger partial charge in [0.15, 0.2) is 0 Å². The van der Waals surface area contributed by atoms with Gasteiger partial charge >= 0.3 is 5.97 Å². The second-order valence-corrected chi connectivity index (χ2v) is 14.4. The highest BCUT2D eigenvalue weighted by molar-refractivity contribution is 7.93. The molecule has 5 atom stereocenters. The van der Waals surface area contributed by atoms with E-state index in [0.717, 1.165) is 35.5 Å². The normalized spacial score (nSPS) is 33.2. The lowest BCUT2D eigenvalue weighted by Gasteiger charge is -2.47. The molecule has 0 bridgehead atoms. The third-order valence-corrected chi connectivity index (χ3v) is 10.6. The summed E-state index contributed by atoms with van der Waals surface area (Å²) >= 11 is -0.860. The van der Waals surface area contributed by atoms with Crippen molar-refractivity contribution in [3.63, 3.8) is 0 Å². The molecule has 0 unspecified atom stereocenters. The van der Waals surface area contributed by atoms with Gasteiger partial charge in [-0.15, -0.1) is 11.3 Å². The predicted octanol–water partition coefficient (Wildman–Crippen LogP) is 4.42. The Morgan fingerprint density at radius 3 is 2.62 bits per heavy atom. The maximum Gasteiger partial charge on any atom is 0.309 e. The van der Waals surface area contributed by atoms with Crippen molar-refractivity contribution in [3.8, 4) is 0 Å². The van der Waals surface area contributed by atoms with Crippen LogP contribution in [0, 0.1) is 12.8 Å². The van der Waals surface area contributed by atoms with Crippen molar-refractivity contribution in [2.45, 2.75) is 109 Å². The molecule has 0 fully saturated rings. The Labute approximate surface area is 211 Å². The maximum atomic E-state index is 13.4. The number of rotatable bonds is 2. The summed E-state index contributed by atoms with van der Waals surface area (Å²) in [6.07, 6.45) is 4.65. The Bertz CT molecular complexity index is 878. The van der Waals surface area contributed by atoms with Crippen LogP contribution in [0.5, 0.6) is 0 Å². The number of esters is 1. The SMILES string of the molecule is C/C1=C/C[C@@H](/C(C)=C/c2csc(C)n2)OC(=O)C[C@@H](O)C(C)(C)[SH2+]([O-])[C@H](C)[C@@H](O)[C@@H](C)CCC1. The monoisotopic (exact) mass is 513 g/mol. The third-order valence-electron chi connectivity index (χ3n) is 7.04. The highest BCUT2D eigenvalue weighted by atomic mass is 32.2. The molecule has 8 heteroatoms. The lowest BCUT2D eigenvalue weighted by Crippen LogP contribution is -2.52. The summed E-state index contributed by atoms with van der Waals surface area (Å²) < 4.78 is 18.2. The van der Waals surface area contributed by atoms with Gasteiger partial charge in [0.2, 0.25) is 0 Å². The zero-order chi connectivity index (χ0) is 25.6. The van der Waals surface area contributed by atoms with E-state index in [4.69, 9.17) is 4.74 Å². The highest BCUT2D eigenvalue weighted by Crippen LogP contribution is 2.32. The van der Waals surface area contributed by atoms with Crippen LogP contribution in [0.25, 0.3) is 6.08 Å². The average Bonchev–Trinajstić information content (AvgIpc) is 3.18. The molecule has 0 spiro atoms. The Morgan fingerprint density at radius 1 is 1.32 bits per heavy atom. The molecule has 0 saturated heterocycles. The van der Waals surface area contributed by atoms with Crippen LogP contribution >= 0.6 is 11.3 Å². The van der Waals surface area contributed by atoms with Crippen LogP contribution in [-0.4, -0.2) is 54.0 Å². The minimum absolute atomic E-state index is 0.00191. The molecule has 2 heterocycles. The number of aliphatic hydroxyl groups is 2. The van der Waals surface area contributed by atoms with Gasteiger partial charge in [-0.1, -0.05) is 18.6 Å². The number of carbonyl (C=O) groups excluding carboxylic acids is 1. The Morgan fingerprint density at radius 2 is 2.00 bits per heavy atom. The summed E-state index contributed by atoms with van der Waals surface area (Å²) in [5.41, 5.74) is 2.93. The molecular formula is C26H43NO5S2. The first-order chi connectivity index (χ1) is 15.8. The molecule has 1 aromatic rings. The lowest BCUT2D eigenvalue weighted by atomic mass is 9.94. The number of carbonyl (C=O) groups is 1. The van der Waals surface area contributed by atoms with Gasteiger partial charge in [-0.05, 0) is 78.4 Å². The summed E-state index contributed by atoms with van der Waals surface area (Å²) in [5.74, 6) is -0.524. The second kappa shape index (κ2) is 12.7. The Balaban J connectivity index is 2.32. The van der Waals surface area contributed by atoms with E-state index in [0.29, 0.717) is 6.42 Å². The van der Waals surface area contributed by atoms with Gasteiger partial charge < -0.3 is 30.7 Å². The molecule has 0 saturated carbocycles. The molecule has 0 aromatic carbocycles. The third kappa shape index (κ3) is 7.92. The van der Waals surface area contributed by atoms with Crippen molar-refractivity contribution in [1.82, 2.24) is 4.98 Å². The summed E-state index contributed by atoms with van der Waals surface area (Å²) in [7, 11) is 0. The van der Waals surface area contributed by atoms with Gasteiger partial charge in [-0.2, -0.15) is 0 Å². The number of nitrogens with zero attached hydrogens (tertiary/aromatic N) is 1. The van der Waals surface area contributed by atoms with E-state index in [9.17, 15) is 19.6 Å². The van der Waals surface area contributed by atoms with E-state index in [1.165, 1.54) is 5.57 Å². The zero-order valence-electron chi connectivity index (χ0n) is 21.6. The molecule has 34 heavy (non-hydrogen) atoms. The number of hydrogen-bond donors (Lipinski definition) is 2. The summed E-state index contributed by atoms with van der Waals surface area (Å²) in [6, 6.07) is 0. The number of aryl methyl sites for hydroxylation is 1. The largest absolute Gasteiger partial charge is 0.688 e. The van der Waals surface area contributed by atoms with E-state index in [2.05, 4.69) is 18.0 Å². The zero-order valence-corrected chi connectivity index (χ0v) is 23.4. The Hall–Kier alpha value is -1.19. The molecule has 194 valence electrons. The molecule has 2 rings (SSSR count). The first kappa shape index (κ1) is 29.0. The van der Waals surface area contributed by atoms with Crippen LogP contribution in [0.2, 0.25) is 0 Å². The number of hydrogen-bond acceptors (Lipinski definition) is 7. The van der Waals surface area contributed by atoms with Crippen molar-refractivity contribution in [3.05, 3.63) is 33.3 Å². The van der Waals surface area contributed by atoms with Crippen LogP contribution in [0.3, 0.4) is 0 Å². The minimum Gasteiger partial charge on any atom is -0.688 e. The van der Waals surface area contributed by atoms with Crippen molar-refractivity contribution < 1.29 is 24.3 Å². The van der Waals surface area contributed by atoms with Gasteiger partial charge in [0.05, 0.1) is 33.2 Å². The van der Waals surface area contributed by atoms with Crippen LogP contribution in [0.15, 0.2) is 22.6 Å². The fourth-order valence-corrected chi connectivity index (χ4v) is 7.22. The van der Waals surface area contributed by atoms with Crippen LogP contribution in [0.1, 0.15) is 84.3 Å². The van der Waals surface area contributed by atoms with Crippen LogP contribution in [-0.2, 0) is 20.7 Å². The van der Waals surface area contributed by atoms with E-state index in [-0.39, 0.29) is 12.3 Å². The molecule has 1 aliphatic rings. The van der Waals surface area contributed by atoms with Gasteiger partial charge in [0.1, 0.15) is 12.2 Å². The predicted molar refractivity (Wildman–Crippen MR) is 143 cm³/mol. The average molecular weight is 514 g/mol. The van der Waals surface area contributed by atoms with Crippen LogP contribution in [0.4, 0.5) is 0 Å². The molecule has 0 amide bonds. The smallest absolute Gasteiger partial charge is 0.309 e. The number of thiazole rings is 1. The number of aliphatic hydroxyl groups excluding tert-OH is 2. The highest BCUT2D eigenvalue weighted by Gasteiger charge is 2.40. The van der Waals surface area contributed by atoms with Gasteiger partial charge in [-0.3, -0.25) is 4.79 Å². The topological polar surface area (TPSA) is 103 Å². The second-order valence-electron chi connectivity index (χ2n) is 10.4. The fourth-order valence-electron chi connectivity index (χ4n) is 4.40. The lowest BCUT2D eigenvalue weighted by molar-refractivity contribution is -0.149.